The molecule has 8 nitrogen and oxygen atoms in total. The highest BCUT2D eigenvalue weighted by molar-refractivity contribution is 9.10. The fourth-order valence-corrected chi connectivity index (χ4v) is 5.64. The van der Waals surface area contributed by atoms with Crippen LogP contribution in [0.3, 0.4) is 0 Å². The number of aromatic nitrogens is 4. The molecule has 0 radical (unpaired) electrons. The summed E-state index contributed by atoms with van der Waals surface area (Å²) >= 11 is 3.67. The van der Waals surface area contributed by atoms with Gasteiger partial charge in [-0.2, -0.15) is 5.10 Å². The van der Waals surface area contributed by atoms with Crippen LogP contribution in [-0.4, -0.2) is 51.0 Å². The molecule has 0 bridgehead atoms. The number of fused-ring (bicyclic) bond motifs is 1. The number of nitrogens with one attached hydrogen (secondary N) is 2. The molecule has 5 rings (SSSR count). The lowest BCUT2D eigenvalue weighted by Gasteiger charge is -2.26. The lowest BCUT2D eigenvalue weighted by Crippen LogP contribution is -2.35. The molecule has 0 unspecified atom stereocenters. The van der Waals surface area contributed by atoms with Crippen LogP contribution < -0.4 is 10.9 Å². The van der Waals surface area contributed by atoms with Crippen LogP contribution >= 0.6 is 15.9 Å². The molecule has 1 saturated heterocycles. The summed E-state index contributed by atoms with van der Waals surface area (Å²) in [5, 5.41) is 9.22. The number of hydrogen-bond acceptors (Lipinski definition) is 6. The molecule has 0 atom stereocenters. The molecule has 38 heavy (non-hydrogen) atoms. The van der Waals surface area contributed by atoms with Crippen molar-refractivity contribution >= 4 is 27.0 Å². The first-order valence-electron chi connectivity index (χ1n) is 13.2. The number of ether oxygens (including phenoxy) is 1. The van der Waals surface area contributed by atoms with Gasteiger partial charge in [0, 0.05) is 55.6 Å². The van der Waals surface area contributed by atoms with Crippen molar-refractivity contribution in [1.82, 2.24) is 30.0 Å². The number of aryl methyl sites for hydroxylation is 2. The van der Waals surface area contributed by atoms with Gasteiger partial charge in [0.1, 0.15) is 4.60 Å². The van der Waals surface area contributed by atoms with Gasteiger partial charge < -0.3 is 15.0 Å². The van der Waals surface area contributed by atoms with Crippen molar-refractivity contribution in [2.24, 2.45) is 0 Å². The Balaban J connectivity index is 1.44. The molecule has 0 amide bonds. The second-order valence-electron chi connectivity index (χ2n) is 10.3. The quantitative estimate of drug-likeness (QED) is 0.310. The molecule has 1 aromatic carbocycles. The maximum absolute atomic E-state index is 12.5. The number of hydrogen-bond donors (Lipinski definition) is 2. The summed E-state index contributed by atoms with van der Waals surface area (Å²) in [6, 6.07) is 13.0. The third kappa shape index (κ3) is 5.76. The largest absolute Gasteiger partial charge is 0.379 e. The monoisotopic (exact) mass is 578 g/mol. The number of H-pyrrole nitrogens is 1. The lowest BCUT2D eigenvalue weighted by atomic mass is 10.0. The van der Waals surface area contributed by atoms with Crippen LogP contribution in [0.25, 0.3) is 22.3 Å². The van der Waals surface area contributed by atoms with Gasteiger partial charge in [-0.15, -0.1) is 0 Å². The van der Waals surface area contributed by atoms with Gasteiger partial charge >= 0.3 is 0 Å². The Bertz CT molecular complexity index is 1490. The Morgan fingerprint density at radius 1 is 1.11 bits per heavy atom. The van der Waals surface area contributed by atoms with Crippen LogP contribution in [0.15, 0.2) is 45.8 Å². The van der Waals surface area contributed by atoms with Crippen LogP contribution in [0, 0.1) is 13.8 Å². The second-order valence-corrected chi connectivity index (χ2v) is 11.1. The van der Waals surface area contributed by atoms with Gasteiger partial charge in [-0.3, -0.25) is 9.69 Å². The standard InChI is InChI=1S/C29H35BrN6O2/c1-18(2)36-28-26(27(30)34-36)23(15-31-16-24-19(3)13-20(4)32-29(24)37)14-25(33-28)22-7-5-21(6-8-22)17-35-9-11-38-12-10-35/h5-8,13-14,18,31H,9-12,15-17H2,1-4H3,(H,32,37). The van der Waals surface area contributed by atoms with Crippen LogP contribution in [0.2, 0.25) is 0 Å². The summed E-state index contributed by atoms with van der Waals surface area (Å²) in [4.78, 5) is 22.9. The van der Waals surface area contributed by atoms with E-state index in [-0.39, 0.29) is 11.6 Å². The first-order chi connectivity index (χ1) is 18.3. The van der Waals surface area contributed by atoms with E-state index < -0.39 is 0 Å². The van der Waals surface area contributed by atoms with Crippen LogP contribution in [0.4, 0.5) is 0 Å². The van der Waals surface area contributed by atoms with Crippen molar-refractivity contribution in [3.05, 3.63) is 79.3 Å². The van der Waals surface area contributed by atoms with Gasteiger partial charge in [-0.25, -0.2) is 9.67 Å². The number of halogens is 1. The molecule has 1 fully saturated rings. The summed E-state index contributed by atoms with van der Waals surface area (Å²) in [5.74, 6) is 0. The van der Waals surface area contributed by atoms with Crippen molar-refractivity contribution < 1.29 is 4.74 Å². The predicted molar refractivity (Wildman–Crippen MR) is 154 cm³/mol. The van der Waals surface area contributed by atoms with Crippen molar-refractivity contribution in [1.29, 1.82) is 0 Å². The average Bonchev–Trinajstić information content (AvgIpc) is 3.23. The molecule has 200 valence electrons. The topological polar surface area (TPSA) is 88.1 Å². The van der Waals surface area contributed by atoms with E-state index in [4.69, 9.17) is 14.8 Å². The maximum Gasteiger partial charge on any atom is 0.252 e. The zero-order valence-electron chi connectivity index (χ0n) is 22.5. The molecule has 4 aromatic rings. The number of benzene rings is 1. The van der Waals surface area contributed by atoms with Gasteiger partial charge in [-0.05, 0) is 72.4 Å². The van der Waals surface area contributed by atoms with Crippen molar-refractivity contribution in [3.63, 3.8) is 0 Å². The Hall–Kier alpha value is -2.85. The van der Waals surface area contributed by atoms with Crippen LogP contribution in [-0.2, 0) is 24.4 Å². The lowest BCUT2D eigenvalue weighted by molar-refractivity contribution is 0.0342. The van der Waals surface area contributed by atoms with E-state index in [0.717, 1.165) is 82.1 Å². The first-order valence-corrected chi connectivity index (χ1v) is 14.0. The van der Waals surface area contributed by atoms with Gasteiger partial charge in [0.25, 0.3) is 5.56 Å². The Kier molecular flexibility index (Phi) is 8.09. The Labute approximate surface area is 231 Å². The number of pyridine rings is 2. The normalized spacial score (nSPS) is 14.6. The zero-order chi connectivity index (χ0) is 26.8. The fraction of sp³-hybridized carbons (Fsp3) is 0.414. The number of nitrogens with zero attached hydrogens (tertiary/aromatic N) is 4. The predicted octanol–water partition coefficient (Wildman–Crippen LogP) is 4.87. The van der Waals surface area contributed by atoms with Gasteiger partial charge in [-0.1, -0.05) is 24.3 Å². The summed E-state index contributed by atoms with van der Waals surface area (Å²) in [6.45, 7) is 13.6. The average molecular weight is 580 g/mol. The van der Waals surface area contributed by atoms with Crippen molar-refractivity contribution in [2.45, 2.75) is 53.4 Å². The van der Waals surface area contributed by atoms with Gasteiger partial charge in [0.2, 0.25) is 0 Å². The van der Waals surface area contributed by atoms with E-state index in [2.05, 4.69) is 75.3 Å². The molecule has 4 heterocycles. The van der Waals surface area contributed by atoms with E-state index in [1.54, 1.807) is 0 Å². The minimum absolute atomic E-state index is 0.0402. The molecule has 0 saturated carbocycles. The smallest absolute Gasteiger partial charge is 0.252 e. The highest BCUT2D eigenvalue weighted by Gasteiger charge is 2.19. The molecule has 9 heteroatoms. The fourth-order valence-electron chi connectivity index (χ4n) is 5.03. The highest BCUT2D eigenvalue weighted by Crippen LogP contribution is 2.31. The highest BCUT2D eigenvalue weighted by atomic mass is 79.9. The molecule has 1 aliphatic rings. The molecule has 0 aliphatic carbocycles. The van der Waals surface area contributed by atoms with Gasteiger partial charge in [0.05, 0.1) is 24.3 Å². The van der Waals surface area contributed by atoms with E-state index in [1.807, 2.05) is 24.6 Å². The third-order valence-electron chi connectivity index (χ3n) is 7.06. The molecule has 3 aromatic heterocycles. The first kappa shape index (κ1) is 26.7. The van der Waals surface area contributed by atoms with Crippen molar-refractivity contribution in [3.8, 4) is 11.3 Å². The molecular formula is C29H35BrN6O2. The zero-order valence-corrected chi connectivity index (χ0v) is 24.1. The summed E-state index contributed by atoms with van der Waals surface area (Å²) in [5.41, 5.74) is 7.78. The SMILES string of the molecule is Cc1cc(C)c(CNCc2cc(-c3ccc(CN4CCOCC4)cc3)nc3c2c(Br)nn3C(C)C)c(=O)[nH]1. The summed E-state index contributed by atoms with van der Waals surface area (Å²) in [6.07, 6.45) is 0. The number of rotatable bonds is 8. The minimum Gasteiger partial charge on any atom is -0.379 e. The molecule has 0 spiro atoms. The molecule has 1 aliphatic heterocycles. The second kappa shape index (κ2) is 11.5. The van der Waals surface area contributed by atoms with Crippen molar-refractivity contribution in [2.75, 3.05) is 26.3 Å². The molecule has 2 N–H and O–H groups in total. The van der Waals surface area contributed by atoms with E-state index in [9.17, 15) is 4.79 Å². The maximum atomic E-state index is 12.5. The Morgan fingerprint density at radius 2 is 1.84 bits per heavy atom. The van der Waals surface area contributed by atoms with E-state index in [1.165, 1.54) is 5.56 Å². The third-order valence-corrected chi connectivity index (χ3v) is 7.62. The molecular weight excluding hydrogens is 544 g/mol. The summed E-state index contributed by atoms with van der Waals surface area (Å²) in [7, 11) is 0. The number of morpholine rings is 1. The van der Waals surface area contributed by atoms with Crippen LogP contribution in [0.1, 0.15) is 47.8 Å². The van der Waals surface area contributed by atoms with E-state index in [0.29, 0.717) is 13.1 Å². The number of aromatic amines is 1. The minimum atomic E-state index is -0.0402. The van der Waals surface area contributed by atoms with Gasteiger partial charge in [0.15, 0.2) is 5.65 Å². The van der Waals surface area contributed by atoms with Crippen LogP contribution in [0.5, 0.6) is 0 Å². The Morgan fingerprint density at radius 3 is 2.53 bits per heavy atom. The summed E-state index contributed by atoms with van der Waals surface area (Å²) < 4.78 is 8.22. The van der Waals surface area contributed by atoms with E-state index >= 15 is 0 Å².